The number of fused-ring (bicyclic) bond motifs is 1. The van der Waals surface area contributed by atoms with E-state index in [0.717, 1.165) is 36.2 Å². The summed E-state index contributed by atoms with van der Waals surface area (Å²) in [5.41, 5.74) is 0.786. The number of hydrogen-bond donors (Lipinski definition) is 2. The Morgan fingerprint density at radius 3 is 2.86 bits per heavy atom. The molecule has 0 bridgehead atoms. The Labute approximate surface area is 124 Å². The molecule has 0 fully saturated rings. The third kappa shape index (κ3) is 3.90. The number of amides is 1. The Hall–Kier alpha value is -2.18. The minimum atomic E-state index is 0.0777. The maximum atomic E-state index is 11.4. The summed E-state index contributed by atoms with van der Waals surface area (Å²) in [4.78, 5) is 20.0. The predicted molar refractivity (Wildman–Crippen MR) is 82.0 cm³/mol. The van der Waals surface area contributed by atoms with Gasteiger partial charge in [-0.05, 0) is 12.8 Å². The second-order valence-corrected chi connectivity index (χ2v) is 4.85. The molecule has 0 saturated heterocycles. The van der Waals surface area contributed by atoms with Crippen LogP contribution in [-0.2, 0) is 11.3 Å². The summed E-state index contributed by atoms with van der Waals surface area (Å²) in [5, 5.41) is 11.4. The van der Waals surface area contributed by atoms with Crippen molar-refractivity contribution in [2.45, 2.75) is 39.7 Å². The molecule has 7 heteroatoms. The fraction of sp³-hybridized carbons (Fsp3) is 0.571. The summed E-state index contributed by atoms with van der Waals surface area (Å²) in [6, 6.07) is 0. The Morgan fingerprint density at radius 2 is 2.10 bits per heavy atom. The number of anilines is 1. The highest BCUT2D eigenvalue weighted by atomic mass is 16.1. The highest BCUT2D eigenvalue weighted by Crippen LogP contribution is 2.18. The van der Waals surface area contributed by atoms with Crippen molar-refractivity contribution >= 4 is 22.8 Å². The highest BCUT2D eigenvalue weighted by molar-refractivity contribution is 5.86. The van der Waals surface area contributed by atoms with Crippen molar-refractivity contribution in [3.8, 4) is 0 Å². The zero-order valence-corrected chi connectivity index (χ0v) is 12.6. The van der Waals surface area contributed by atoms with E-state index in [0.29, 0.717) is 19.5 Å². The van der Waals surface area contributed by atoms with Crippen molar-refractivity contribution in [3.05, 3.63) is 12.5 Å². The van der Waals surface area contributed by atoms with Crippen LogP contribution in [0.15, 0.2) is 12.5 Å². The van der Waals surface area contributed by atoms with Crippen molar-refractivity contribution < 1.29 is 4.79 Å². The van der Waals surface area contributed by atoms with Gasteiger partial charge in [0.2, 0.25) is 5.91 Å². The number of carbonyl (C=O) groups excluding carboxylic acids is 1. The molecular weight excluding hydrogens is 268 g/mol. The van der Waals surface area contributed by atoms with Gasteiger partial charge in [0.25, 0.3) is 0 Å². The molecule has 114 valence electrons. The summed E-state index contributed by atoms with van der Waals surface area (Å²) in [6.45, 7) is 6.11. The van der Waals surface area contributed by atoms with Crippen molar-refractivity contribution in [2.24, 2.45) is 0 Å². The van der Waals surface area contributed by atoms with Crippen LogP contribution in [0.4, 0.5) is 5.82 Å². The van der Waals surface area contributed by atoms with E-state index >= 15 is 0 Å². The van der Waals surface area contributed by atoms with E-state index in [-0.39, 0.29) is 5.91 Å². The summed E-state index contributed by atoms with van der Waals surface area (Å²) in [6.07, 6.45) is 5.75. The minimum absolute atomic E-state index is 0.0777. The van der Waals surface area contributed by atoms with Gasteiger partial charge in [-0.2, -0.15) is 5.10 Å². The molecule has 7 nitrogen and oxygen atoms in total. The van der Waals surface area contributed by atoms with Crippen LogP contribution in [0.5, 0.6) is 0 Å². The highest BCUT2D eigenvalue weighted by Gasteiger charge is 2.09. The lowest BCUT2D eigenvalue weighted by Crippen LogP contribution is -2.27. The first-order valence-electron chi connectivity index (χ1n) is 7.43. The first kappa shape index (κ1) is 15.2. The quantitative estimate of drug-likeness (QED) is 0.771. The second-order valence-electron chi connectivity index (χ2n) is 4.85. The van der Waals surface area contributed by atoms with Crippen LogP contribution in [0.1, 0.15) is 33.1 Å². The smallest absolute Gasteiger partial charge is 0.220 e. The van der Waals surface area contributed by atoms with Crippen LogP contribution in [-0.4, -0.2) is 38.7 Å². The van der Waals surface area contributed by atoms with Crippen molar-refractivity contribution in [1.29, 1.82) is 0 Å². The number of hydrogen-bond acceptors (Lipinski definition) is 5. The monoisotopic (exact) mass is 290 g/mol. The van der Waals surface area contributed by atoms with Crippen LogP contribution in [0.25, 0.3) is 11.0 Å². The van der Waals surface area contributed by atoms with Crippen LogP contribution < -0.4 is 10.6 Å². The normalized spacial score (nSPS) is 10.8. The van der Waals surface area contributed by atoms with Gasteiger partial charge >= 0.3 is 0 Å². The molecule has 2 N–H and O–H groups in total. The van der Waals surface area contributed by atoms with Gasteiger partial charge < -0.3 is 10.6 Å². The van der Waals surface area contributed by atoms with Gasteiger partial charge in [0.15, 0.2) is 5.65 Å². The fourth-order valence-electron chi connectivity index (χ4n) is 2.06. The Bertz CT molecular complexity index is 594. The lowest BCUT2D eigenvalue weighted by molar-refractivity contribution is -0.121. The summed E-state index contributed by atoms with van der Waals surface area (Å²) in [7, 11) is 0. The maximum absolute atomic E-state index is 11.4. The SMILES string of the molecule is CCCNc1ncnc2c1cnn2CCNC(=O)CCC. The molecule has 1 amide bonds. The zero-order valence-electron chi connectivity index (χ0n) is 12.6. The van der Waals surface area contributed by atoms with Gasteiger partial charge in [0.1, 0.15) is 12.1 Å². The molecule has 2 aromatic rings. The second kappa shape index (κ2) is 7.56. The lowest BCUT2D eigenvalue weighted by Gasteiger charge is -2.06. The third-order valence-electron chi connectivity index (χ3n) is 3.10. The Balaban J connectivity index is 2.02. The lowest BCUT2D eigenvalue weighted by atomic mass is 10.3. The van der Waals surface area contributed by atoms with Crippen LogP contribution in [0, 0.1) is 0 Å². The third-order valence-corrected chi connectivity index (χ3v) is 3.10. The topological polar surface area (TPSA) is 84.7 Å². The molecule has 2 rings (SSSR count). The van der Waals surface area contributed by atoms with E-state index < -0.39 is 0 Å². The molecule has 0 unspecified atom stereocenters. The molecule has 2 heterocycles. The van der Waals surface area contributed by atoms with Crippen molar-refractivity contribution in [1.82, 2.24) is 25.1 Å². The van der Waals surface area contributed by atoms with Gasteiger partial charge in [-0.25, -0.2) is 14.6 Å². The Kier molecular flexibility index (Phi) is 5.48. The average molecular weight is 290 g/mol. The van der Waals surface area contributed by atoms with E-state index in [2.05, 4.69) is 32.6 Å². The van der Waals surface area contributed by atoms with Gasteiger partial charge in [-0.1, -0.05) is 13.8 Å². The largest absolute Gasteiger partial charge is 0.369 e. The van der Waals surface area contributed by atoms with Crippen molar-refractivity contribution in [3.63, 3.8) is 0 Å². The van der Waals surface area contributed by atoms with Crippen LogP contribution in [0.3, 0.4) is 0 Å². The molecule has 2 aromatic heterocycles. The molecule has 0 radical (unpaired) electrons. The summed E-state index contributed by atoms with van der Waals surface area (Å²) in [5.74, 6) is 0.886. The van der Waals surface area contributed by atoms with E-state index in [1.54, 1.807) is 10.9 Å². The first-order valence-corrected chi connectivity index (χ1v) is 7.43. The fourth-order valence-corrected chi connectivity index (χ4v) is 2.06. The number of carbonyl (C=O) groups is 1. The van der Waals surface area contributed by atoms with E-state index in [9.17, 15) is 4.79 Å². The Morgan fingerprint density at radius 1 is 1.24 bits per heavy atom. The number of nitrogens with one attached hydrogen (secondary N) is 2. The summed E-state index contributed by atoms with van der Waals surface area (Å²) < 4.78 is 1.79. The average Bonchev–Trinajstić information content (AvgIpc) is 2.89. The molecule has 0 aliphatic carbocycles. The van der Waals surface area contributed by atoms with E-state index in [1.807, 2.05) is 6.92 Å². The number of rotatable bonds is 8. The minimum Gasteiger partial charge on any atom is -0.369 e. The van der Waals surface area contributed by atoms with Crippen LogP contribution in [0.2, 0.25) is 0 Å². The molecule has 0 aromatic carbocycles. The molecule has 0 saturated carbocycles. The molecule has 0 aliphatic rings. The van der Waals surface area contributed by atoms with E-state index in [1.165, 1.54) is 6.33 Å². The summed E-state index contributed by atoms with van der Waals surface area (Å²) >= 11 is 0. The standard InChI is InChI=1S/C14H22N6O/c1-3-5-12(21)15-7-8-20-14-11(9-19-20)13(16-6-4-2)17-10-18-14/h9-10H,3-8H2,1-2H3,(H,15,21)(H,16,17,18). The number of nitrogens with zero attached hydrogens (tertiary/aromatic N) is 4. The molecule has 21 heavy (non-hydrogen) atoms. The van der Waals surface area contributed by atoms with Crippen molar-refractivity contribution in [2.75, 3.05) is 18.4 Å². The van der Waals surface area contributed by atoms with Gasteiger partial charge in [-0.15, -0.1) is 0 Å². The predicted octanol–water partition coefficient (Wildman–Crippen LogP) is 1.56. The van der Waals surface area contributed by atoms with E-state index in [4.69, 9.17) is 0 Å². The maximum Gasteiger partial charge on any atom is 0.220 e. The zero-order chi connectivity index (χ0) is 15.1. The molecule has 0 aliphatic heterocycles. The van der Waals surface area contributed by atoms with Gasteiger partial charge in [-0.3, -0.25) is 4.79 Å². The van der Waals surface area contributed by atoms with Gasteiger partial charge in [0.05, 0.1) is 18.1 Å². The molecule has 0 spiro atoms. The first-order chi connectivity index (χ1) is 10.3. The van der Waals surface area contributed by atoms with Gasteiger partial charge in [0, 0.05) is 19.5 Å². The number of aromatic nitrogens is 4. The molecule has 0 atom stereocenters. The molecular formula is C14H22N6O. The van der Waals surface area contributed by atoms with Crippen LogP contribution >= 0.6 is 0 Å².